The van der Waals surface area contributed by atoms with Gasteiger partial charge in [-0.15, -0.1) is 0 Å². The van der Waals surface area contributed by atoms with Crippen LogP contribution >= 0.6 is 0 Å². The minimum absolute atomic E-state index is 0.0678. The van der Waals surface area contributed by atoms with Gasteiger partial charge < -0.3 is 9.64 Å². The number of rotatable bonds is 4. The van der Waals surface area contributed by atoms with Crippen LogP contribution in [0.4, 0.5) is 0 Å². The molecule has 0 aliphatic carbocycles. The third kappa shape index (κ3) is 2.60. The van der Waals surface area contributed by atoms with E-state index < -0.39 is 0 Å². The van der Waals surface area contributed by atoms with Crippen LogP contribution in [0.2, 0.25) is 0 Å². The Kier molecular flexibility index (Phi) is 4.56. The summed E-state index contributed by atoms with van der Waals surface area (Å²) in [4.78, 5) is 17.7. The molecule has 0 saturated carbocycles. The third-order valence-electron chi connectivity index (χ3n) is 7.24. The average molecular weight is 402 g/mol. The molecule has 0 aromatic heterocycles. The lowest BCUT2D eigenvalue weighted by Gasteiger charge is -2.50. The first kappa shape index (κ1) is 19.1. The zero-order chi connectivity index (χ0) is 20.9. The second-order valence-corrected chi connectivity index (χ2v) is 8.63. The molecule has 2 aromatic rings. The summed E-state index contributed by atoms with van der Waals surface area (Å²) in [6.07, 6.45) is 4.80. The van der Waals surface area contributed by atoms with Crippen LogP contribution in [-0.2, 0) is 9.53 Å². The molecule has 2 bridgehead atoms. The van der Waals surface area contributed by atoms with Crippen molar-refractivity contribution in [3.05, 3.63) is 59.8 Å². The van der Waals surface area contributed by atoms with E-state index >= 15 is 0 Å². The van der Waals surface area contributed by atoms with E-state index in [1.54, 1.807) is 0 Å². The molecule has 0 unspecified atom stereocenters. The highest BCUT2D eigenvalue weighted by Gasteiger charge is 2.63. The number of ether oxygens (including phenoxy) is 1. The molecule has 0 amide bonds. The van der Waals surface area contributed by atoms with Crippen molar-refractivity contribution in [3.63, 3.8) is 0 Å². The molecule has 3 aliphatic rings. The number of nitrogens with zero attached hydrogens (tertiary/aromatic N) is 3. The van der Waals surface area contributed by atoms with Gasteiger partial charge in [0.1, 0.15) is 0 Å². The van der Waals surface area contributed by atoms with Crippen molar-refractivity contribution in [2.75, 3.05) is 13.2 Å². The first-order valence-corrected chi connectivity index (χ1v) is 10.9. The molecule has 5 heteroatoms. The van der Waals surface area contributed by atoms with Crippen LogP contribution in [0.15, 0.2) is 54.2 Å². The Morgan fingerprint density at radius 3 is 2.90 bits per heavy atom. The molecule has 4 atom stereocenters. The minimum Gasteiger partial charge on any atom is -0.466 e. The van der Waals surface area contributed by atoms with Crippen molar-refractivity contribution in [2.24, 2.45) is 5.92 Å². The molecule has 1 spiro atoms. The average Bonchev–Trinajstić information content (AvgIpc) is 3.30. The molecule has 2 saturated heterocycles. The summed E-state index contributed by atoms with van der Waals surface area (Å²) in [6, 6.07) is 17.1. The van der Waals surface area contributed by atoms with Crippen LogP contribution in [0.25, 0.3) is 10.8 Å². The van der Waals surface area contributed by atoms with Crippen molar-refractivity contribution in [3.8, 4) is 6.07 Å². The predicted octanol–water partition coefficient (Wildman–Crippen LogP) is 4.37. The normalized spacial score (nSPS) is 28.7. The summed E-state index contributed by atoms with van der Waals surface area (Å²) < 4.78 is 5.46. The first-order valence-electron chi connectivity index (χ1n) is 10.9. The fourth-order valence-corrected chi connectivity index (χ4v) is 6.12. The number of hydrogen-bond donors (Lipinski definition) is 0. The third-order valence-corrected chi connectivity index (χ3v) is 7.24. The van der Waals surface area contributed by atoms with Crippen LogP contribution in [0.1, 0.15) is 44.7 Å². The molecule has 154 valence electrons. The van der Waals surface area contributed by atoms with Crippen LogP contribution in [-0.4, -0.2) is 40.6 Å². The predicted molar refractivity (Wildman–Crippen MR) is 115 cm³/mol. The number of carbonyl (C=O) groups excluding carboxylic acids is 1. The largest absolute Gasteiger partial charge is 0.466 e. The van der Waals surface area contributed by atoms with E-state index in [1.165, 1.54) is 16.3 Å². The molecule has 0 N–H and O–H groups in total. The Labute approximate surface area is 177 Å². The van der Waals surface area contributed by atoms with E-state index in [2.05, 4.69) is 65.3 Å². The van der Waals surface area contributed by atoms with E-state index in [-0.39, 0.29) is 29.6 Å². The lowest BCUT2D eigenvalue weighted by atomic mass is 9.92. The number of esters is 1. The van der Waals surface area contributed by atoms with Crippen molar-refractivity contribution < 1.29 is 9.53 Å². The zero-order valence-electron chi connectivity index (χ0n) is 17.5. The number of nitriles is 1. The molecule has 3 heterocycles. The first-order chi connectivity index (χ1) is 14.6. The van der Waals surface area contributed by atoms with Gasteiger partial charge in [-0.25, -0.2) is 0 Å². The fraction of sp³-hybridized carbons (Fsp3) is 0.440. The lowest BCUT2D eigenvalue weighted by Crippen LogP contribution is -2.58. The Hall–Kier alpha value is -2.84. The molecular weight excluding hydrogens is 374 g/mol. The summed E-state index contributed by atoms with van der Waals surface area (Å²) in [5, 5.41) is 12.4. The summed E-state index contributed by atoms with van der Waals surface area (Å²) in [5.41, 5.74) is 1.70. The van der Waals surface area contributed by atoms with Crippen LogP contribution < -0.4 is 0 Å². The molecule has 3 aliphatic heterocycles. The number of hydrogen-bond acceptors (Lipinski definition) is 5. The van der Waals surface area contributed by atoms with Crippen LogP contribution in [0.3, 0.4) is 0 Å². The Morgan fingerprint density at radius 2 is 2.10 bits per heavy atom. The molecule has 0 radical (unpaired) electrons. The topological polar surface area (TPSA) is 56.6 Å². The quantitative estimate of drug-likeness (QED) is 0.712. The van der Waals surface area contributed by atoms with E-state index in [9.17, 15) is 10.1 Å². The van der Waals surface area contributed by atoms with Gasteiger partial charge in [-0.2, -0.15) is 5.26 Å². The van der Waals surface area contributed by atoms with Crippen LogP contribution in [0, 0.1) is 17.2 Å². The minimum atomic E-state index is -0.309. The molecule has 2 fully saturated rings. The maximum absolute atomic E-state index is 12.9. The van der Waals surface area contributed by atoms with Crippen molar-refractivity contribution in [2.45, 2.75) is 50.9 Å². The maximum Gasteiger partial charge on any atom is 0.311 e. The summed E-state index contributed by atoms with van der Waals surface area (Å²) >= 11 is 0. The lowest BCUT2D eigenvalue weighted by molar-refractivity contribution is -0.148. The van der Waals surface area contributed by atoms with E-state index in [0.717, 1.165) is 19.4 Å². The van der Waals surface area contributed by atoms with Gasteiger partial charge in [0.15, 0.2) is 0 Å². The SMILES string of the molecule is CCOC(=O)[C@@H]1C[C@]23CCCN2C=C(C#N)[C@H]1N3[C@H](C)c1cccc2ccccc12. The number of carbonyl (C=O) groups is 1. The van der Waals surface area contributed by atoms with Gasteiger partial charge in [-0.1, -0.05) is 42.5 Å². The molecular formula is C25H27N3O2. The van der Waals surface area contributed by atoms with E-state index in [0.29, 0.717) is 18.6 Å². The fourth-order valence-electron chi connectivity index (χ4n) is 6.12. The van der Waals surface area contributed by atoms with Crippen molar-refractivity contribution in [1.82, 2.24) is 9.80 Å². The standard InChI is InChI=1S/C25H27N3O2/c1-3-30-24(29)22-14-25-12-7-13-27(25)16-19(15-26)23(22)28(25)17(2)20-11-6-9-18-8-4-5-10-21(18)20/h4-6,8-11,16-17,22-23H,3,7,12-14H2,1-2H3/t17-,22-,23-,25-/m1/s1. The van der Waals surface area contributed by atoms with Gasteiger partial charge in [-0.05, 0) is 49.4 Å². The van der Waals surface area contributed by atoms with Gasteiger partial charge in [0, 0.05) is 18.8 Å². The molecule has 5 rings (SSSR count). The monoisotopic (exact) mass is 401 g/mol. The second-order valence-electron chi connectivity index (χ2n) is 8.63. The Balaban J connectivity index is 1.65. The Morgan fingerprint density at radius 1 is 1.30 bits per heavy atom. The zero-order valence-corrected chi connectivity index (χ0v) is 17.5. The van der Waals surface area contributed by atoms with Gasteiger partial charge in [-0.3, -0.25) is 9.69 Å². The summed E-state index contributed by atoms with van der Waals surface area (Å²) in [5.74, 6) is -0.485. The van der Waals surface area contributed by atoms with E-state index in [1.807, 2.05) is 13.1 Å². The van der Waals surface area contributed by atoms with Gasteiger partial charge in [0.05, 0.1) is 35.9 Å². The maximum atomic E-state index is 12.9. The molecule has 30 heavy (non-hydrogen) atoms. The highest BCUT2D eigenvalue weighted by molar-refractivity contribution is 5.86. The van der Waals surface area contributed by atoms with Crippen LogP contribution in [0.5, 0.6) is 0 Å². The van der Waals surface area contributed by atoms with Gasteiger partial charge in [0.2, 0.25) is 0 Å². The van der Waals surface area contributed by atoms with Gasteiger partial charge >= 0.3 is 5.97 Å². The summed E-state index contributed by atoms with van der Waals surface area (Å²) in [7, 11) is 0. The number of benzene rings is 2. The van der Waals surface area contributed by atoms with Crippen molar-refractivity contribution in [1.29, 1.82) is 5.26 Å². The van der Waals surface area contributed by atoms with Crippen molar-refractivity contribution >= 4 is 16.7 Å². The number of fused-ring (bicyclic) bond motifs is 2. The molecule has 2 aromatic carbocycles. The Bertz CT molecular complexity index is 1070. The highest BCUT2D eigenvalue weighted by Crippen LogP contribution is 2.55. The van der Waals surface area contributed by atoms with E-state index in [4.69, 9.17) is 4.74 Å². The second kappa shape index (κ2) is 7.14. The summed E-state index contributed by atoms with van der Waals surface area (Å²) in [6.45, 7) is 5.35. The smallest absolute Gasteiger partial charge is 0.311 e. The van der Waals surface area contributed by atoms with Gasteiger partial charge in [0.25, 0.3) is 0 Å². The molecule has 5 nitrogen and oxygen atoms in total. The highest BCUT2D eigenvalue weighted by atomic mass is 16.5.